The number of ether oxygens (including phenoxy) is 1. The molecule has 1 aromatic heterocycles. The molecule has 5 nitrogen and oxygen atoms in total. The summed E-state index contributed by atoms with van der Waals surface area (Å²) in [5.74, 6) is 0.721. The quantitative estimate of drug-likeness (QED) is 0.793. The molecular weight excluding hydrogens is 218 g/mol. The fourth-order valence-corrected chi connectivity index (χ4v) is 2.09. The molecule has 0 N–H and O–H groups in total. The number of amides is 1. The maximum atomic E-state index is 12.1. The van der Waals surface area contributed by atoms with E-state index in [1.807, 2.05) is 11.9 Å². The van der Waals surface area contributed by atoms with Crippen molar-refractivity contribution in [3.63, 3.8) is 0 Å². The Morgan fingerprint density at radius 1 is 1.41 bits per heavy atom. The van der Waals surface area contributed by atoms with Gasteiger partial charge in [0.05, 0.1) is 12.4 Å². The molecule has 0 aliphatic carbocycles. The highest BCUT2D eigenvalue weighted by Crippen LogP contribution is 2.14. The molecule has 0 radical (unpaired) electrons. The zero-order valence-electron chi connectivity index (χ0n) is 10.4. The number of rotatable bonds is 3. The average Bonchev–Trinajstić information content (AvgIpc) is 2.75. The number of hydrogen-bond acceptors (Lipinski definition) is 3. The van der Waals surface area contributed by atoms with E-state index in [1.165, 1.54) is 6.42 Å². The standard InChI is InChI=1S/C12H19N3O2/c1-10(17-11-8-13-14(2)9-11)12(16)15-6-4-3-5-7-15/h8-10H,3-7H2,1-2H3. The van der Waals surface area contributed by atoms with Gasteiger partial charge in [0.25, 0.3) is 5.91 Å². The summed E-state index contributed by atoms with van der Waals surface area (Å²) in [7, 11) is 1.82. The number of aromatic nitrogens is 2. The van der Waals surface area contributed by atoms with Gasteiger partial charge < -0.3 is 9.64 Å². The smallest absolute Gasteiger partial charge is 0.263 e. The summed E-state index contributed by atoms with van der Waals surface area (Å²) in [4.78, 5) is 14.0. The van der Waals surface area contributed by atoms with Crippen molar-refractivity contribution >= 4 is 5.91 Å². The van der Waals surface area contributed by atoms with Crippen LogP contribution < -0.4 is 4.74 Å². The Labute approximate surface area is 101 Å². The largest absolute Gasteiger partial charge is 0.478 e. The number of aryl methyl sites for hydroxylation is 1. The van der Waals surface area contributed by atoms with Gasteiger partial charge in [-0.2, -0.15) is 5.10 Å². The van der Waals surface area contributed by atoms with Gasteiger partial charge in [0.2, 0.25) is 0 Å². The summed E-state index contributed by atoms with van der Waals surface area (Å²) in [5, 5.41) is 4.01. The molecule has 1 aliphatic heterocycles. The minimum atomic E-state index is -0.433. The number of likely N-dealkylation sites (tertiary alicyclic amines) is 1. The minimum Gasteiger partial charge on any atom is -0.478 e. The van der Waals surface area contributed by atoms with Crippen LogP contribution in [0.15, 0.2) is 12.4 Å². The molecule has 94 valence electrons. The zero-order valence-corrected chi connectivity index (χ0v) is 10.4. The lowest BCUT2D eigenvalue weighted by Crippen LogP contribution is -2.43. The van der Waals surface area contributed by atoms with Crippen molar-refractivity contribution in [3.05, 3.63) is 12.4 Å². The van der Waals surface area contributed by atoms with Crippen molar-refractivity contribution in [2.24, 2.45) is 7.05 Å². The molecule has 17 heavy (non-hydrogen) atoms. The predicted molar refractivity (Wildman–Crippen MR) is 63.7 cm³/mol. The second-order valence-corrected chi connectivity index (χ2v) is 4.50. The lowest BCUT2D eigenvalue weighted by Gasteiger charge is -2.29. The average molecular weight is 237 g/mol. The Bertz CT molecular complexity index is 383. The Balaban J connectivity index is 1.90. The molecule has 2 heterocycles. The summed E-state index contributed by atoms with van der Waals surface area (Å²) in [6, 6.07) is 0. The van der Waals surface area contributed by atoms with Crippen LogP contribution in [0.1, 0.15) is 26.2 Å². The fourth-order valence-electron chi connectivity index (χ4n) is 2.09. The summed E-state index contributed by atoms with van der Waals surface area (Å²) >= 11 is 0. The second kappa shape index (κ2) is 5.21. The van der Waals surface area contributed by atoms with Crippen molar-refractivity contribution in [3.8, 4) is 5.75 Å². The molecule has 1 atom stereocenters. The maximum absolute atomic E-state index is 12.1. The molecule has 1 saturated heterocycles. The van der Waals surface area contributed by atoms with Gasteiger partial charge in [-0.25, -0.2) is 0 Å². The fraction of sp³-hybridized carbons (Fsp3) is 0.667. The highest BCUT2D eigenvalue weighted by molar-refractivity contribution is 5.80. The summed E-state index contributed by atoms with van der Waals surface area (Å²) in [6.07, 6.45) is 6.38. The highest BCUT2D eigenvalue weighted by Gasteiger charge is 2.23. The van der Waals surface area contributed by atoms with Crippen LogP contribution in [0.5, 0.6) is 5.75 Å². The van der Waals surface area contributed by atoms with E-state index in [2.05, 4.69) is 5.10 Å². The first-order valence-corrected chi connectivity index (χ1v) is 6.11. The third kappa shape index (κ3) is 2.99. The molecule has 0 bridgehead atoms. The van der Waals surface area contributed by atoms with E-state index in [1.54, 1.807) is 24.0 Å². The minimum absolute atomic E-state index is 0.0774. The topological polar surface area (TPSA) is 47.4 Å². The molecule has 1 aromatic rings. The zero-order chi connectivity index (χ0) is 12.3. The second-order valence-electron chi connectivity index (χ2n) is 4.50. The normalized spacial score (nSPS) is 17.9. The van der Waals surface area contributed by atoms with Gasteiger partial charge in [-0.1, -0.05) is 0 Å². The van der Waals surface area contributed by atoms with Crippen LogP contribution in [0, 0.1) is 0 Å². The van der Waals surface area contributed by atoms with Gasteiger partial charge in [-0.3, -0.25) is 9.48 Å². The van der Waals surface area contributed by atoms with Crippen LogP contribution >= 0.6 is 0 Å². The van der Waals surface area contributed by atoms with Gasteiger partial charge in [0.1, 0.15) is 0 Å². The number of carbonyl (C=O) groups excluding carboxylic acids is 1. The van der Waals surface area contributed by atoms with E-state index in [0.717, 1.165) is 25.9 Å². The third-order valence-corrected chi connectivity index (χ3v) is 3.01. The lowest BCUT2D eigenvalue weighted by atomic mass is 10.1. The van der Waals surface area contributed by atoms with E-state index in [0.29, 0.717) is 5.75 Å². The molecule has 1 fully saturated rings. The third-order valence-electron chi connectivity index (χ3n) is 3.01. The van der Waals surface area contributed by atoms with Crippen LogP contribution in [-0.2, 0) is 11.8 Å². The Hall–Kier alpha value is -1.52. The first-order valence-electron chi connectivity index (χ1n) is 6.11. The number of hydrogen-bond donors (Lipinski definition) is 0. The van der Waals surface area contributed by atoms with E-state index in [9.17, 15) is 4.79 Å². The van der Waals surface area contributed by atoms with Crippen molar-refractivity contribution in [2.75, 3.05) is 13.1 Å². The van der Waals surface area contributed by atoms with E-state index in [-0.39, 0.29) is 5.91 Å². The maximum Gasteiger partial charge on any atom is 0.263 e. The van der Waals surface area contributed by atoms with Crippen molar-refractivity contribution < 1.29 is 9.53 Å². The Morgan fingerprint density at radius 3 is 2.71 bits per heavy atom. The summed E-state index contributed by atoms with van der Waals surface area (Å²) < 4.78 is 7.24. The molecule has 2 rings (SSSR count). The van der Waals surface area contributed by atoms with Gasteiger partial charge >= 0.3 is 0 Å². The van der Waals surface area contributed by atoms with Crippen LogP contribution in [0.25, 0.3) is 0 Å². The Morgan fingerprint density at radius 2 is 2.12 bits per heavy atom. The molecule has 0 spiro atoms. The van der Waals surface area contributed by atoms with Crippen LogP contribution in [-0.4, -0.2) is 39.8 Å². The number of carbonyl (C=O) groups is 1. The summed E-state index contributed by atoms with van der Waals surface area (Å²) in [6.45, 7) is 3.52. The first-order chi connectivity index (χ1) is 8.16. The monoisotopic (exact) mass is 237 g/mol. The highest BCUT2D eigenvalue weighted by atomic mass is 16.5. The van der Waals surface area contributed by atoms with Gasteiger partial charge in [0.15, 0.2) is 11.9 Å². The molecule has 1 aliphatic rings. The van der Waals surface area contributed by atoms with Gasteiger partial charge in [-0.15, -0.1) is 0 Å². The summed E-state index contributed by atoms with van der Waals surface area (Å²) in [5.41, 5.74) is 0. The van der Waals surface area contributed by atoms with Gasteiger partial charge in [-0.05, 0) is 26.2 Å². The molecule has 0 saturated carbocycles. The van der Waals surface area contributed by atoms with Crippen molar-refractivity contribution in [1.29, 1.82) is 0 Å². The molecule has 5 heteroatoms. The van der Waals surface area contributed by atoms with Crippen molar-refractivity contribution in [1.82, 2.24) is 14.7 Å². The SMILES string of the molecule is CC(Oc1cnn(C)c1)C(=O)N1CCCCC1. The van der Waals surface area contributed by atoms with Gasteiger partial charge in [0, 0.05) is 20.1 Å². The number of nitrogens with zero attached hydrogens (tertiary/aromatic N) is 3. The molecule has 1 unspecified atom stereocenters. The Kier molecular flexibility index (Phi) is 3.66. The predicted octanol–water partition coefficient (Wildman–Crippen LogP) is 1.20. The van der Waals surface area contributed by atoms with Crippen LogP contribution in [0.3, 0.4) is 0 Å². The number of piperidine rings is 1. The molecule has 1 amide bonds. The van der Waals surface area contributed by atoms with Crippen molar-refractivity contribution in [2.45, 2.75) is 32.3 Å². The molecule has 0 aromatic carbocycles. The van der Waals surface area contributed by atoms with Crippen LogP contribution in [0.2, 0.25) is 0 Å². The lowest BCUT2D eigenvalue weighted by molar-refractivity contribution is -0.138. The first kappa shape index (κ1) is 12.0. The molecular formula is C12H19N3O2. The van der Waals surface area contributed by atoms with E-state index < -0.39 is 6.10 Å². The van der Waals surface area contributed by atoms with E-state index >= 15 is 0 Å². The van der Waals surface area contributed by atoms with Crippen LogP contribution in [0.4, 0.5) is 0 Å². The van der Waals surface area contributed by atoms with E-state index in [4.69, 9.17) is 4.74 Å².